The first kappa shape index (κ1) is 12.3. The van der Waals surface area contributed by atoms with Gasteiger partial charge < -0.3 is 5.11 Å². The minimum atomic E-state index is -1.18. The van der Waals surface area contributed by atoms with Crippen LogP contribution in [0, 0.1) is 0 Å². The summed E-state index contributed by atoms with van der Waals surface area (Å²) in [5.74, 6) is -1.62. The van der Waals surface area contributed by atoms with E-state index in [1.54, 1.807) is 12.1 Å². The van der Waals surface area contributed by atoms with Gasteiger partial charge in [-0.3, -0.25) is 9.78 Å². The first-order chi connectivity index (χ1) is 8.59. The first-order valence-corrected chi connectivity index (χ1v) is 5.46. The van der Waals surface area contributed by atoms with E-state index in [1.807, 2.05) is 0 Å². The monoisotopic (exact) mass is 261 g/mol. The third-order valence-electron chi connectivity index (χ3n) is 2.36. The highest BCUT2D eigenvalue weighted by molar-refractivity contribution is 6.30. The van der Waals surface area contributed by atoms with Gasteiger partial charge in [-0.25, -0.2) is 4.79 Å². The highest BCUT2D eigenvalue weighted by Gasteiger charge is 2.18. The topological polar surface area (TPSA) is 67.3 Å². The first-order valence-electron chi connectivity index (χ1n) is 5.08. The lowest BCUT2D eigenvalue weighted by molar-refractivity contribution is 0.0692. The van der Waals surface area contributed by atoms with Gasteiger partial charge in [-0.1, -0.05) is 11.6 Å². The predicted octanol–water partition coefficient (Wildman–Crippen LogP) is 2.66. The average Bonchev–Trinajstić information content (AvgIpc) is 2.39. The number of hydrogen-bond donors (Lipinski definition) is 1. The molecule has 18 heavy (non-hydrogen) atoms. The summed E-state index contributed by atoms with van der Waals surface area (Å²) in [6.45, 7) is 0. The van der Waals surface area contributed by atoms with Crippen LogP contribution in [0.4, 0.5) is 0 Å². The minimum absolute atomic E-state index is 0.0766. The molecule has 2 aromatic rings. The Morgan fingerprint density at radius 1 is 1.11 bits per heavy atom. The molecule has 0 aliphatic heterocycles. The van der Waals surface area contributed by atoms with E-state index < -0.39 is 11.8 Å². The van der Waals surface area contributed by atoms with Crippen molar-refractivity contribution in [2.75, 3.05) is 0 Å². The van der Waals surface area contributed by atoms with Crippen LogP contribution >= 0.6 is 11.6 Å². The van der Waals surface area contributed by atoms with Crippen LogP contribution in [0.5, 0.6) is 0 Å². The van der Waals surface area contributed by atoms with Gasteiger partial charge in [0.25, 0.3) is 0 Å². The van der Waals surface area contributed by atoms with E-state index in [-0.39, 0.29) is 11.3 Å². The molecule has 0 aliphatic rings. The highest BCUT2D eigenvalue weighted by atomic mass is 35.5. The van der Waals surface area contributed by atoms with Gasteiger partial charge in [0.1, 0.15) is 5.69 Å². The second-order valence-corrected chi connectivity index (χ2v) is 3.98. The number of halogens is 1. The fraction of sp³-hybridized carbons (Fsp3) is 0. The lowest BCUT2D eigenvalue weighted by Gasteiger charge is -2.03. The van der Waals surface area contributed by atoms with Gasteiger partial charge in [-0.15, -0.1) is 0 Å². The number of nitrogens with zero attached hydrogens (tertiary/aromatic N) is 1. The number of hydrogen-bond acceptors (Lipinski definition) is 3. The molecule has 0 atom stereocenters. The van der Waals surface area contributed by atoms with Gasteiger partial charge in [-0.2, -0.15) is 0 Å². The second-order valence-electron chi connectivity index (χ2n) is 3.54. The van der Waals surface area contributed by atoms with E-state index in [2.05, 4.69) is 4.98 Å². The van der Waals surface area contributed by atoms with Crippen molar-refractivity contribution < 1.29 is 14.7 Å². The number of aromatic nitrogens is 1. The molecule has 2 rings (SSSR count). The standard InChI is InChI=1S/C13H8ClNO3/c14-9-5-3-8(4-6-9)12(16)11-10(13(17)18)2-1-7-15-11/h1-7H,(H,17,18). The molecule has 1 aromatic heterocycles. The van der Waals surface area contributed by atoms with Gasteiger partial charge in [0.2, 0.25) is 5.78 Å². The molecule has 0 fully saturated rings. The van der Waals surface area contributed by atoms with Crippen LogP contribution in [0.1, 0.15) is 26.4 Å². The normalized spacial score (nSPS) is 10.1. The van der Waals surface area contributed by atoms with Crippen molar-refractivity contribution in [3.8, 4) is 0 Å². The van der Waals surface area contributed by atoms with E-state index in [9.17, 15) is 9.59 Å². The Morgan fingerprint density at radius 3 is 2.39 bits per heavy atom. The van der Waals surface area contributed by atoms with Crippen LogP contribution < -0.4 is 0 Å². The largest absolute Gasteiger partial charge is 0.478 e. The van der Waals surface area contributed by atoms with Crippen LogP contribution in [0.25, 0.3) is 0 Å². The zero-order valence-corrected chi connectivity index (χ0v) is 9.89. The molecule has 1 N–H and O–H groups in total. The molecule has 1 heterocycles. The Morgan fingerprint density at radius 2 is 1.78 bits per heavy atom. The summed E-state index contributed by atoms with van der Waals surface area (Å²) in [5, 5.41) is 9.50. The molecule has 0 amide bonds. The van der Waals surface area contributed by atoms with Crippen LogP contribution in [-0.4, -0.2) is 21.8 Å². The van der Waals surface area contributed by atoms with E-state index in [1.165, 1.54) is 30.5 Å². The number of pyridine rings is 1. The molecule has 4 nitrogen and oxygen atoms in total. The molecule has 1 aromatic carbocycles. The Balaban J connectivity index is 2.46. The zero-order chi connectivity index (χ0) is 13.1. The van der Waals surface area contributed by atoms with Crippen LogP contribution in [-0.2, 0) is 0 Å². The predicted molar refractivity (Wildman–Crippen MR) is 66.1 cm³/mol. The van der Waals surface area contributed by atoms with Gasteiger partial charge >= 0.3 is 5.97 Å². The van der Waals surface area contributed by atoms with Gasteiger partial charge in [0.15, 0.2) is 0 Å². The average molecular weight is 262 g/mol. The van der Waals surface area contributed by atoms with E-state index in [0.29, 0.717) is 10.6 Å². The number of rotatable bonds is 3. The molecule has 0 bridgehead atoms. The lowest BCUT2D eigenvalue weighted by Crippen LogP contribution is -2.11. The Hall–Kier alpha value is -2.20. The van der Waals surface area contributed by atoms with E-state index in [4.69, 9.17) is 16.7 Å². The SMILES string of the molecule is O=C(O)c1cccnc1C(=O)c1ccc(Cl)cc1. The number of aromatic carboxylic acids is 1. The number of carbonyl (C=O) groups is 2. The Labute approximate surface area is 108 Å². The minimum Gasteiger partial charge on any atom is -0.478 e. The van der Waals surface area contributed by atoms with Crippen LogP contribution in [0.2, 0.25) is 5.02 Å². The molecule has 5 heteroatoms. The smallest absolute Gasteiger partial charge is 0.338 e. The summed E-state index contributed by atoms with van der Waals surface area (Å²) < 4.78 is 0. The number of benzene rings is 1. The fourth-order valence-electron chi connectivity index (χ4n) is 1.50. The molecule has 0 spiro atoms. The molecular weight excluding hydrogens is 254 g/mol. The summed E-state index contributed by atoms with van der Waals surface area (Å²) in [6, 6.07) is 9.02. The van der Waals surface area contributed by atoms with Crippen molar-refractivity contribution in [2.45, 2.75) is 0 Å². The zero-order valence-electron chi connectivity index (χ0n) is 9.13. The summed E-state index contributed by atoms with van der Waals surface area (Å²) in [5.41, 5.74) is 0.158. The van der Waals surface area contributed by atoms with Gasteiger partial charge in [-0.05, 0) is 36.4 Å². The van der Waals surface area contributed by atoms with Crippen molar-refractivity contribution in [3.05, 3.63) is 64.4 Å². The maximum Gasteiger partial charge on any atom is 0.338 e. The molecule has 0 aliphatic carbocycles. The van der Waals surface area contributed by atoms with Crippen molar-refractivity contribution >= 4 is 23.4 Å². The maximum atomic E-state index is 12.1. The fourth-order valence-corrected chi connectivity index (χ4v) is 1.62. The summed E-state index contributed by atoms with van der Waals surface area (Å²) in [7, 11) is 0. The Bertz CT molecular complexity index is 608. The van der Waals surface area contributed by atoms with Crippen LogP contribution in [0.3, 0.4) is 0 Å². The van der Waals surface area contributed by atoms with Crippen molar-refractivity contribution in [1.82, 2.24) is 4.98 Å². The molecule has 0 saturated carbocycles. The summed E-state index contributed by atoms with van der Waals surface area (Å²) in [4.78, 5) is 26.9. The third kappa shape index (κ3) is 2.38. The lowest BCUT2D eigenvalue weighted by atomic mass is 10.0. The Kier molecular flexibility index (Phi) is 3.39. The third-order valence-corrected chi connectivity index (χ3v) is 2.61. The van der Waals surface area contributed by atoms with Crippen molar-refractivity contribution in [3.63, 3.8) is 0 Å². The van der Waals surface area contributed by atoms with E-state index in [0.717, 1.165) is 0 Å². The summed E-state index contributed by atoms with van der Waals surface area (Å²) in [6.07, 6.45) is 1.38. The quantitative estimate of drug-likeness (QED) is 0.863. The van der Waals surface area contributed by atoms with Gasteiger partial charge in [0.05, 0.1) is 5.56 Å². The van der Waals surface area contributed by atoms with Gasteiger partial charge in [0, 0.05) is 16.8 Å². The number of carboxylic acids is 1. The highest BCUT2D eigenvalue weighted by Crippen LogP contribution is 2.15. The molecular formula is C13H8ClNO3. The molecule has 0 unspecified atom stereocenters. The number of carboxylic acid groups (broad SMARTS) is 1. The molecule has 0 radical (unpaired) electrons. The molecule has 0 saturated heterocycles. The number of carbonyl (C=O) groups excluding carboxylic acids is 1. The maximum absolute atomic E-state index is 12.1. The molecule has 90 valence electrons. The summed E-state index contributed by atoms with van der Waals surface area (Å²) >= 11 is 5.72. The second kappa shape index (κ2) is 4.98. The van der Waals surface area contributed by atoms with Crippen molar-refractivity contribution in [2.24, 2.45) is 0 Å². The number of ketones is 1. The van der Waals surface area contributed by atoms with E-state index >= 15 is 0 Å². The van der Waals surface area contributed by atoms with Crippen molar-refractivity contribution in [1.29, 1.82) is 0 Å². The van der Waals surface area contributed by atoms with Crippen LogP contribution in [0.15, 0.2) is 42.6 Å².